The zero-order chi connectivity index (χ0) is 16.0. The van der Waals surface area contributed by atoms with E-state index in [1.54, 1.807) is 29.6 Å². The van der Waals surface area contributed by atoms with Gasteiger partial charge >= 0.3 is 12.2 Å². The van der Waals surface area contributed by atoms with E-state index >= 15 is 0 Å². The van der Waals surface area contributed by atoms with Crippen molar-refractivity contribution < 1.29 is 22.8 Å². The Labute approximate surface area is 127 Å². The van der Waals surface area contributed by atoms with Gasteiger partial charge in [0.05, 0.1) is 12.5 Å². The summed E-state index contributed by atoms with van der Waals surface area (Å²) in [6.45, 7) is -1.42. The lowest BCUT2D eigenvalue weighted by atomic mass is 10.0. The molecule has 1 rings (SSSR count). The van der Waals surface area contributed by atoms with Gasteiger partial charge in [0.25, 0.3) is 0 Å². The van der Waals surface area contributed by atoms with Crippen molar-refractivity contribution in [2.24, 2.45) is 5.73 Å². The van der Waals surface area contributed by atoms with Crippen LogP contribution < -0.4 is 16.4 Å². The van der Waals surface area contributed by atoms with Crippen molar-refractivity contribution in [3.05, 3.63) is 34.3 Å². The normalized spacial score (nSPS) is 12.6. The van der Waals surface area contributed by atoms with Gasteiger partial charge in [0.1, 0.15) is 6.54 Å². The van der Waals surface area contributed by atoms with Crippen molar-refractivity contribution in [3.63, 3.8) is 0 Å². The van der Waals surface area contributed by atoms with Crippen molar-refractivity contribution in [2.45, 2.75) is 18.6 Å². The molecule has 0 aromatic heterocycles. The minimum Gasteiger partial charge on any atom is -0.352 e. The lowest BCUT2D eigenvalue weighted by molar-refractivity contribution is -0.138. The zero-order valence-corrected chi connectivity index (χ0v) is 12.3. The van der Waals surface area contributed by atoms with Crippen molar-refractivity contribution in [1.29, 1.82) is 0 Å². The lowest BCUT2D eigenvalue weighted by Gasteiger charge is -2.18. The van der Waals surface area contributed by atoms with Crippen LogP contribution >= 0.6 is 15.9 Å². The number of rotatable bonds is 5. The van der Waals surface area contributed by atoms with E-state index in [1.807, 2.05) is 0 Å². The molecule has 1 aromatic carbocycles. The van der Waals surface area contributed by atoms with E-state index in [0.29, 0.717) is 5.56 Å². The van der Waals surface area contributed by atoms with Gasteiger partial charge in [-0.2, -0.15) is 13.2 Å². The van der Waals surface area contributed by atoms with Gasteiger partial charge in [-0.1, -0.05) is 28.1 Å². The van der Waals surface area contributed by atoms with Gasteiger partial charge < -0.3 is 16.4 Å². The molecule has 0 unspecified atom stereocenters. The number of primary amides is 1. The molecule has 116 valence electrons. The first-order valence-electron chi connectivity index (χ1n) is 5.82. The second kappa shape index (κ2) is 7.30. The number of hydrogen-bond donors (Lipinski definition) is 3. The van der Waals surface area contributed by atoms with E-state index in [4.69, 9.17) is 5.73 Å². The van der Waals surface area contributed by atoms with E-state index in [0.717, 1.165) is 4.47 Å². The Morgan fingerprint density at radius 1 is 1.24 bits per heavy atom. The van der Waals surface area contributed by atoms with Crippen LogP contribution in [0.2, 0.25) is 0 Å². The van der Waals surface area contributed by atoms with Crippen LogP contribution in [-0.2, 0) is 4.79 Å². The fourth-order valence-electron chi connectivity index (χ4n) is 1.58. The number of urea groups is 1. The minimum absolute atomic E-state index is 0.347. The average Bonchev–Trinajstić information content (AvgIpc) is 2.35. The number of alkyl halides is 3. The van der Waals surface area contributed by atoms with Crippen LogP contribution in [0, 0.1) is 0 Å². The third-order valence-corrected chi connectivity index (χ3v) is 2.99. The van der Waals surface area contributed by atoms with Gasteiger partial charge in [0.15, 0.2) is 0 Å². The molecule has 0 saturated heterocycles. The van der Waals surface area contributed by atoms with Crippen LogP contribution in [0.1, 0.15) is 18.0 Å². The highest BCUT2D eigenvalue weighted by atomic mass is 79.9. The molecule has 21 heavy (non-hydrogen) atoms. The summed E-state index contributed by atoms with van der Waals surface area (Å²) >= 11 is 3.23. The number of carbonyl (C=O) groups is 2. The molecule has 1 aromatic rings. The van der Waals surface area contributed by atoms with E-state index in [2.05, 4.69) is 21.2 Å². The Bertz CT molecular complexity index is 505. The highest BCUT2D eigenvalue weighted by molar-refractivity contribution is 9.10. The van der Waals surface area contributed by atoms with Gasteiger partial charge in [-0.05, 0) is 17.7 Å². The Kier molecular flexibility index (Phi) is 6.01. The maximum atomic E-state index is 12.0. The molecule has 0 fully saturated rings. The van der Waals surface area contributed by atoms with E-state index in [-0.39, 0.29) is 6.42 Å². The molecule has 0 saturated carbocycles. The fourth-order valence-corrected chi connectivity index (χ4v) is 1.84. The van der Waals surface area contributed by atoms with E-state index in [1.165, 1.54) is 0 Å². The van der Waals surface area contributed by atoms with Gasteiger partial charge in [0, 0.05) is 4.47 Å². The highest BCUT2D eigenvalue weighted by Crippen LogP contribution is 2.20. The van der Waals surface area contributed by atoms with Crippen molar-refractivity contribution in [2.75, 3.05) is 6.54 Å². The molecular weight excluding hydrogens is 355 g/mol. The first kappa shape index (κ1) is 17.3. The van der Waals surface area contributed by atoms with Gasteiger partial charge in [-0.15, -0.1) is 0 Å². The predicted octanol–water partition coefficient (Wildman–Crippen LogP) is 2.23. The Morgan fingerprint density at radius 3 is 2.29 bits per heavy atom. The molecule has 0 bridgehead atoms. The average molecular weight is 368 g/mol. The molecule has 0 aliphatic rings. The Balaban J connectivity index is 2.72. The number of nitrogens with one attached hydrogen (secondary N) is 2. The van der Waals surface area contributed by atoms with Gasteiger partial charge in [-0.3, -0.25) is 4.79 Å². The third kappa shape index (κ3) is 6.98. The summed E-state index contributed by atoms with van der Waals surface area (Å²) in [6, 6.07) is 4.94. The van der Waals surface area contributed by atoms with Gasteiger partial charge in [0.2, 0.25) is 5.91 Å². The number of hydrogen-bond acceptors (Lipinski definition) is 2. The number of nitrogens with two attached hydrogens (primary N) is 1. The van der Waals surface area contributed by atoms with Crippen LogP contribution in [-0.4, -0.2) is 24.7 Å². The van der Waals surface area contributed by atoms with Crippen LogP contribution in [0.3, 0.4) is 0 Å². The largest absolute Gasteiger partial charge is 0.405 e. The number of halogens is 4. The molecule has 0 aliphatic carbocycles. The Morgan fingerprint density at radius 2 is 1.81 bits per heavy atom. The predicted molar refractivity (Wildman–Crippen MR) is 73.3 cm³/mol. The van der Waals surface area contributed by atoms with Gasteiger partial charge in [-0.25, -0.2) is 4.79 Å². The fraction of sp³-hybridized carbons (Fsp3) is 0.333. The zero-order valence-electron chi connectivity index (χ0n) is 10.7. The molecule has 0 radical (unpaired) electrons. The summed E-state index contributed by atoms with van der Waals surface area (Å²) in [5.74, 6) is -0.839. The summed E-state index contributed by atoms with van der Waals surface area (Å²) in [5.41, 5.74) is 5.56. The van der Waals surface area contributed by atoms with Crippen molar-refractivity contribution in [3.8, 4) is 0 Å². The van der Waals surface area contributed by atoms with Crippen LogP contribution in [0.4, 0.5) is 18.0 Å². The standard InChI is InChI=1S/C12H13BrF3N3O2/c13-8-3-1-7(2-4-8)9(19-11(17)21)5-10(20)18-6-12(14,15)16/h1-4,9H,5-6H2,(H,18,20)(H3,17,19,21)/t9-/m1/s1. The molecule has 4 N–H and O–H groups in total. The first-order valence-corrected chi connectivity index (χ1v) is 6.61. The second-order valence-corrected chi connectivity index (χ2v) is 5.12. The minimum atomic E-state index is -4.49. The summed E-state index contributed by atoms with van der Waals surface area (Å²) in [7, 11) is 0. The number of amides is 3. The maximum Gasteiger partial charge on any atom is 0.405 e. The van der Waals surface area contributed by atoms with Crippen LogP contribution in [0.25, 0.3) is 0 Å². The first-order chi connectivity index (χ1) is 9.67. The Hall–Kier alpha value is -1.77. The topological polar surface area (TPSA) is 84.2 Å². The molecule has 3 amide bonds. The SMILES string of the molecule is NC(=O)N[C@H](CC(=O)NCC(F)(F)F)c1ccc(Br)cc1. The smallest absolute Gasteiger partial charge is 0.352 e. The number of benzene rings is 1. The van der Waals surface area contributed by atoms with E-state index < -0.39 is 30.7 Å². The second-order valence-electron chi connectivity index (χ2n) is 4.21. The van der Waals surface area contributed by atoms with Crippen molar-refractivity contribution in [1.82, 2.24) is 10.6 Å². The third-order valence-electron chi connectivity index (χ3n) is 2.46. The maximum absolute atomic E-state index is 12.0. The van der Waals surface area contributed by atoms with E-state index in [9.17, 15) is 22.8 Å². The molecule has 9 heteroatoms. The molecule has 0 heterocycles. The number of carbonyl (C=O) groups excluding carboxylic acids is 2. The van der Waals surface area contributed by atoms with Crippen molar-refractivity contribution >= 4 is 27.9 Å². The monoisotopic (exact) mass is 367 g/mol. The summed E-state index contributed by atoms with van der Waals surface area (Å²) in [5, 5.41) is 4.07. The summed E-state index contributed by atoms with van der Waals surface area (Å²) in [4.78, 5) is 22.4. The molecule has 1 atom stereocenters. The summed E-state index contributed by atoms with van der Waals surface area (Å²) < 4.78 is 36.8. The highest BCUT2D eigenvalue weighted by Gasteiger charge is 2.28. The lowest BCUT2D eigenvalue weighted by Crippen LogP contribution is -2.39. The quantitative estimate of drug-likeness (QED) is 0.745. The van der Waals surface area contributed by atoms with Crippen LogP contribution in [0.15, 0.2) is 28.7 Å². The molecular formula is C12H13BrF3N3O2. The molecule has 0 aliphatic heterocycles. The molecule has 0 spiro atoms. The van der Waals surface area contributed by atoms with Crippen LogP contribution in [0.5, 0.6) is 0 Å². The molecule has 5 nitrogen and oxygen atoms in total. The summed E-state index contributed by atoms with van der Waals surface area (Å²) in [6.07, 6.45) is -4.83.